The largest absolute Gasteiger partial charge is 0.416 e. The second-order valence-corrected chi connectivity index (χ2v) is 6.96. The van der Waals surface area contributed by atoms with Gasteiger partial charge in [-0.2, -0.15) is 13.2 Å². The molecule has 1 atom stereocenters. The molecular formula is C13H10BrClF3NS. The Morgan fingerprint density at radius 3 is 2.50 bits per heavy atom. The van der Waals surface area contributed by atoms with Gasteiger partial charge in [-0.1, -0.05) is 33.6 Å². The van der Waals surface area contributed by atoms with E-state index in [1.807, 2.05) is 0 Å². The number of rotatable bonds is 3. The van der Waals surface area contributed by atoms with E-state index in [0.717, 1.165) is 10.9 Å². The minimum absolute atomic E-state index is 0.0882. The van der Waals surface area contributed by atoms with Crippen molar-refractivity contribution in [1.82, 2.24) is 0 Å². The van der Waals surface area contributed by atoms with Crippen molar-refractivity contribution in [2.75, 3.05) is 0 Å². The van der Waals surface area contributed by atoms with Crippen LogP contribution in [-0.4, -0.2) is 0 Å². The molecule has 20 heavy (non-hydrogen) atoms. The molecule has 7 heteroatoms. The van der Waals surface area contributed by atoms with Crippen LogP contribution in [0.25, 0.3) is 0 Å². The highest BCUT2D eigenvalue weighted by atomic mass is 79.9. The lowest BCUT2D eigenvalue weighted by Crippen LogP contribution is -2.19. The lowest BCUT2D eigenvalue weighted by atomic mass is 9.98. The average Bonchev–Trinajstić information content (AvgIpc) is 2.73. The second kappa shape index (κ2) is 6.05. The first-order chi connectivity index (χ1) is 9.27. The highest BCUT2D eigenvalue weighted by molar-refractivity contribution is 9.10. The smallest absolute Gasteiger partial charge is 0.324 e. The molecule has 2 rings (SSSR count). The SMILES string of the molecule is NC(Cc1ccc(Cl)s1)c1ccc(Br)cc1C(F)(F)F. The van der Waals surface area contributed by atoms with Crippen molar-refractivity contribution in [1.29, 1.82) is 0 Å². The molecule has 1 aromatic heterocycles. The first-order valence-electron chi connectivity index (χ1n) is 5.64. The average molecular weight is 385 g/mol. The van der Waals surface area contributed by atoms with Crippen LogP contribution in [0.1, 0.15) is 22.0 Å². The van der Waals surface area contributed by atoms with E-state index in [0.29, 0.717) is 15.2 Å². The number of thiophene rings is 1. The lowest BCUT2D eigenvalue weighted by Gasteiger charge is -2.18. The van der Waals surface area contributed by atoms with E-state index in [2.05, 4.69) is 15.9 Å². The van der Waals surface area contributed by atoms with Crippen LogP contribution in [0.4, 0.5) is 13.2 Å². The Bertz CT molecular complexity index is 612. The van der Waals surface area contributed by atoms with E-state index in [9.17, 15) is 13.2 Å². The summed E-state index contributed by atoms with van der Waals surface area (Å²) in [5.74, 6) is 0. The summed E-state index contributed by atoms with van der Waals surface area (Å²) in [6.07, 6.45) is -4.11. The molecule has 2 aromatic rings. The summed E-state index contributed by atoms with van der Waals surface area (Å²) >= 11 is 10.2. The number of benzene rings is 1. The second-order valence-electron chi connectivity index (χ2n) is 4.25. The highest BCUT2D eigenvalue weighted by Crippen LogP contribution is 2.37. The van der Waals surface area contributed by atoms with Gasteiger partial charge in [0.2, 0.25) is 0 Å². The fourth-order valence-electron chi connectivity index (χ4n) is 1.89. The summed E-state index contributed by atoms with van der Waals surface area (Å²) in [4.78, 5) is 0.860. The van der Waals surface area contributed by atoms with Gasteiger partial charge in [0, 0.05) is 21.8 Å². The minimum atomic E-state index is -4.43. The van der Waals surface area contributed by atoms with Crippen molar-refractivity contribution in [3.05, 3.63) is 55.1 Å². The fraction of sp³-hybridized carbons (Fsp3) is 0.231. The first-order valence-corrected chi connectivity index (χ1v) is 7.62. The Labute approximate surface area is 131 Å². The molecule has 2 N–H and O–H groups in total. The van der Waals surface area contributed by atoms with Crippen LogP contribution in [-0.2, 0) is 12.6 Å². The molecular weight excluding hydrogens is 375 g/mol. The van der Waals surface area contributed by atoms with Crippen molar-refractivity contribution in [3.8, 4) is 0 Å². The molecule has 0 bridgehead atoms. The van der Waals surface area contributed by atoms with Gasteiger partial charge < -0.3 is 5.73 Å². The van der Waals surface area contributed by atoms with Gasteiger partial charge in [-0.15, -0.1) is 11.3 Å². The quantitative estimate of drug-likeness (QED) is 0.751. The van der Waals surface area contributed by atoms with Crippen LogP contribution in [0, 0.1) is 0 Å². The zero-order valence-electron chi connectivity index (χ0n) is 10.0. The summed E-state index contributed by atoms with van der Waals surface area (Å²) in [7, 11) is 0. The normalized spacial score (nSPS) is 13.5. The molecule has 0 aliphatic heterocycles. The zero-order chi connectivity index (χ0) is 14.9. The molecule has 0 saturated carbocycles. The van der Waals surface area contributed by atoms with Crippen LogP contribution in [0.15, 0.2) is 34.8 Å². The molecule has 0 saturated heterocycles. The standard InChI is InChI=1S/C13H10BrClF3NS/c14-7-1-3-9(10(5-7)13(16,17)18)11(19)6-8-2-4-12(15)20-8/h1-5,11H,6,19H2. The van der Waals surface area contributed by atoms with E-state index in [1.54, 1.807) is 18.2 Å². The number of hydrogen-bond donors (Lipinski definition) is 1. The molecule has 1 nitrogen and oxygen atoms in total. The third kappa shape index (κ3) is 3.75. The maximum Gasteiger partial charge on any atom is 0.416 e. The predicted octanol–water partition coefficient (Wildman–Crippen LogP) is 5.43. The molecule has 108 valence electrons. The predicted molar refractivity (Wildman–Crippen MR) is 79.1 cm³/mol. The summed E-state index contributed by atoms with van der Waals surface area (Å²) in [5.41, 5.74) is 5.31. The van der Waals surface area contributed by atoms with Crippen LogP contribution < -0.4 is 5.73 Å². The molecule has 1 aromatic carbocycles. The van der Waals surface area contributed by atoms with Crippen LogP contribution in [0.2, 0.25) is 4.34 Å². The Kier molecular flexibility index (Phi) is 4.79. The van der Waals surface area contributed by atoms with Gasteiger partial charge in [0.05, 0.1) is 9.90 Å². The van der Waals surface area contributed by atoms with Crippen molar-refractivity contribution in [2.45, 2.75) is 18.6 Å². The summed E-state index contributed by atoms with van der Waals surface area (Å²) < 4.78 is 40.1. The summed E-state index contributed by atoms with van der Waals surface area (Å²) in [5, 5.41) is 0. The fourth-order valence-corrected chi connectivity index (χ4v) is 3.39. The van der Waals surface area contributed by atoms with Gasteiger partial charge >= 0.3 is 6.18 Å². The molecule has 0 radical (unpaired) electrons. The van der Waals surface area contributed by atoms with Crippen LogP contribution in [0.5, 0.6) is 0 Å². The molecule has 1 heterocycles. The third-order valence-corrected chi connectivity index (χ3v) is 4.52. The van der Waals surface area contributed by atoms with E-state index in [1.165, 1.54) is 17.4 Å². The molecule has 0 aliphatic carbocycles. The Balaban J connectivity index is 2.32. The third-order valence-electron chi connectivity index (χ3n) is 2.77. The van der Waals surface area contributed by atoms with E-state index in [4.69, 9.17) is 17.3 Å². The zero-order valence-corrected chi connectivity index (χ0v) is 13.2. The van der Waals surface area contributed by atoms with E-state index >= 15 is 0 Å². The number of nitrogens with two attached hydrogens (primary N) is 1. The topological polar surface area (TPSA) is 26.0 Å². The lowest BCUT2D eigenvalue weighted by molar-refractivity contribution is -0.138. The Hall–Kier alpha value is -0.560. The van der Waals surface area contributed by atoms with Gasteiger partial charge in [-0.05, 0) is 29.8 Å². The monoisotopic (exact) mass is 383 g/mol. The van der Waals surface area contributed by atoms with Gasteiger partial charge in [0.25, 0.3) is 0 Å². The Morgan fingerprint density at radius 1 is 1.25 bits per heavy atom. The molecule has 0 fully saturated rings. The van der Waals surface area contributed by atoms with E-state index in [-0.39, 0.29) is 5.56 Å². The Morgan fingerprint density at radius 2 is 1.95 bits per heavy atom. The van der Waals surface area contributed by atoms with E-state index < -0.39 is 17.8 Å². The maximum atomic E-state index is 13.0. The molecule has 0 amide bonds. The summed E-state index contributed by atoms with van der Waals surface area (Å²) in [6, 6.07) is 6.78. The molecule has 1 unspecified atom stereocenters. The van der Waals surface area contributed by atoms with Crippen LogP contribution in [0.3, 0.4) is 0 Å². The van der Waals surface area contributed by atoms with Gasteiger partial charge in [-0.3, -0.25) is 0 Å². The van der Waals surface area contributed by atoms with Crippen LogP contribution >= 0.6 is 38.9 Å². The van der Waals surface area contributed by atoms with Crippen molar-refractivity contribution in [3.63, 3.8) is 0 Å². The summed E-state index contributed by atoms with van der Waals surface area (Å²) in [6.45, 7) is 0. The molecule has 0 aliphatic rings. The van der Waals surface area contributed by atoms with Crippen molar-refractivity contribution in [2.24, 2.45) is 5.73 Å². The first kappa shape index (κ1) is 15.8. The maximum absolute atomic E-state index is 13.0. The van der Waals surface area contributed by atoms with Gasteiger partial charge in [0.15, 0.2) is 0 Å². The highest BCUT2D eigenvalue weighted by Gasteiger charge is 2.34. The van der Waals surface area contributed by atoms with Gasteiger partial charge in [-0.25, -0.2) is 0 Å². The minimum Gasteiger partial charge on any atom is -0.324 e. The van der Waals surface area contributed by atoms with Crippen molar-refractivity contribution < 1.29 is 13.2 Å². The number of halogens is 5. The number of alkyl halides is 3. The molecule has 0 spiro atoms. The number of hydrogen-bond acceptors (Lipinski definition) is 2. The van der Waals surface area contributed by atoms with Crippen molar-refractivity contribution >= 4 is 38.9 Å². The van der Waals surface area contributed by atoms with Gasteiger partial charge in [0.1, 0.15) is 0 Å².